The van der Waals surface area contributed by atoms with E-state index < -0.39 is 0 Å². The highest BCUT2D eigenvalue weighted by Crippen LogP contribution is 2.25. The van der Waals surface area contributed by atoms with E-state index in [1.165, 1.54) is 5.56 Å². The largest absolute Gasteiger partial charge is 0.459 e. The summed E-state index contributed by atoms with van der Waals surface area (Å²) >= 11 is 0. The predicted molar refractivity (Wildman–Crippen MR) is 139 cm³/mol. The Balaban J connectivity index is 1.87. The highest BCUT2D eigenvalue weighted by Gasteiger charge is 2.20. The maximum atomic E-state index is 12.9. The molecule has 0 unspecified atom stereocenters. The van der Waals surface area contributed by atoms with E-state index in [0.29, 0.717) is 41.5 Å². The minimum absolute atomic E-state index is 0.151. The fourth-order valence-electron chi connectivity index (χ4n) is 3.58. The molecule has 1 aromatic carbocycles. The molecule has 0 saturated heterocycles. The summed E-state index contributed by atoms with van der Waals surface area (Å²) in [6.45, 7) is 9.11. The third-order valence-corrected chi connectivity index (χ3v) is 5.60. The molecule has 7 nitrogen and oxygen atoms in total. The number of aliphatic imine (C=N–C) groups is 1. The van der Waals surface area contributed by atoms with E-state index >= 15 is 0 Å². The number of amides is 1. The molecule has 182 valence electrons. The average molecular weight is 472 g/mol. The number of allylic oxidation sites excluding steroid dienone is 1. The van der Waals surface area contributed by atoms with Gasteiger partial charge in [-0.25, -0.2) is 9.97 Å². The Hall–Kier alpha value is -3.87. The van der Waals surface area contributed by atoms with Crippen LogP contribution < -0.4 is 10.1 Å². The molecule has 0 atom stereocenters. The molecule has 0 bridgehead atoms. The van der Waals surface area contributed by atoms with Gasteiger partial charge in [-0.05, 0) is 42.5 Å². The molecule has 3 aromatic rings. The van der Waals surface area contributed by atoms with Crippen molar-refractivity contribution in [1.82, 2.24) is 20.3 Å². The first-order chi connectivity index (χ1) is 16.9. The maximum Gasteiger partial charge on any atom is 0.316 e. The number of ether oxygens (including phenoxy) is 1. The van der Waals surface area contributed by atoms with Crippen LogP contribution in [0.3, 0.4) is 0 Å². The lowest BCUT2D eigenvalue weighted by atomic mass is 9.93. The summed E-state index contributed by atoms with van der Waals surface area (Å²) in [5.74, 6) is 0.335. The second-order valence-electron chi connectivity index (χ2n) is 8.50. The third-order valence-electron chi connectivity index (χ3n) is 5.60. The normalized spacial score (nSPS) is 12.3. The van der Waals surface area contributed by atoms with Gasteiger partial charge in [-0.1, -0.05) is 45.0 Å². The first-order valence-corrected chi connectivity index (χ1v) is 11.8. The molecular formula is C28H33N5O2. The lowest BCUT2D eigenvalue weighted by molar-refractivity contribution is -0.117. The van der Waals surface area contributed by atoms with Crippen LogP contribution in [0.5, 0.6) is 6.01 Å². The zero-order valence-electron chi connectivity index (χ0n) is 21.1. The van der Waals surface area contributed by atoms with Crippen molar-refractivity contribution in [1.29, 1.82) is 0 Å². The first kappa shape index (κ1) is 25.7. The van der Waals surface area contributed by atoms with Crippen LogP contribution >= 0.6 is 0 Å². The molecule has 0 aliphatic heterocycles. The summed E-state index contributed by atoms with van der Waals surface area (Å²) in [5.41, 5.74) is 5.74. The van der Waals surface area contributed by atoms with E-state index in [0.717, 1.165) is 17.5 Å². The summed E-state index contributed by atoms with van der Waals surface area (Å²) in [6.07, 6.45) is 7.59. The number of nitrogens with one attached hydrogen (secondary N) is 1. The SMILES string of the molecule is CCCNC(=O)/C(C)=C(/C(=NC)c1ccncc1)c1cnc(OCc2ccc(C(C)C)cc2)nc1. The third kappa shape index (κ3) is 6.82. The van der Waals surface area contributed by atoms with E-state index in [9.17, 15) is 4.79 Å². The molecule has 35 heavy (non-hydrogen) atoms. The zero-order valence-corrected chi connectivity index (χ0v) is 21.1. The number of carbonyl (C=O) groups excluding carboxylic acids is 1. The Labute approximate surface area is 207 Å². The minimum Gasteiger partial charge on any atom is -0.459 e. The van der Waals surface area contributed by atoms with Crippen molar-refractivity contribution >= 4 is 17.2 Å². The highest BCUT2D eigenvalue weighted by molar-refractivity contribution is 6.35. The number of aromatic nitrogens is 3. The average Bonchev–Trinajstić information content (AvgIpc) is 2.89. The molecule has 2 heterocycles. The Morgan fingerprint density at radius 1 is 1.03 bits per heavy atom. The van der Waals surface area contributed by atoms with E-state index in [1.807, 2.05) is 19.1 Å². The van der Waals surface area contributed by atoms with Crippen LogP contribution in [0.4, 0.5) is 0 Å². The monoisotopic (exact) mass is 471 g/mol. The summed E-state index contributed by atoms with van der Waals surface area (Å²) in [5, 5.41) is 2.94. The number of hydrogen-bond acceptors (Lipinski definition) is 6. The van der Waals surface area contributed by atoms with Crippen LogP contribution in [0.2, 0.25) is 0 Å². The minimum atomic E-state index is -0.151. The standard InChI is InChI=1S/C28H33N5O2/c1-6-13-31-27(34)20(4)25(26(29-5)23-11-14-30-15-12-23)24-16-32-28(33-17-24)35-18-21-7-9-22(10-8-21)19(2)3/h7-12,14-17,19H,6,13,18H2,1-5H3,(H,31,34)/b25-20+,29-26?. The molecule has 0 fully saturated rings. The van der Waals surface area contributed by atoms with Crippen molar-refractivity contribution in [3.63, 3.8) is 0 Å². The molecule has 0 aliphatic rings. The van der Waals surface area contributed by atoms with Gasteiger partial charge in [0.15, 0.2) is 0 Å². The Morgan fingerprint density at radius 2 is 1.69 bits per heavy atom. The summed E-state index contributed by atoms with van der Waals surface area (Å²) in [4.78, 5) is 30.3. The van der Waals surface area contributed by atoms with E-state index in [1.54, 1.807) is 38.8 Å². The van der Waals surface area contributed by atoms with Gasteiger partial charge in [-0.15, -0.1) is 0 Å². The van der Waals surface area contributed by atoms with Crippen LogP contribution in [-0.2, 0) is 11.4 Å². The van der Waals surface area contributed by atoms with Gasteiger partial charge in [0.1, 0.15) is 6.61 Å². The zero-order chi connectivity index (χ0) is 25.2. The van der Waals surface area contributed by atoms with Gasteiger partial charge in [0.05, 0.1) is 5.71 Å². The topological polar surface area (TPSA) is 89.4 Å². The Kier molecular flexibility index (Phi) is 9.23. The number of nitrogens with zero attached hydrogens (tertiary/aromatic N) is 4. The molecule has 3 rings (SSSR count). The van der Waals surface area contributed by atoms with Crippen molar-refractivity contribution in [2.45, 2.75) is 46.6 Å². The van der Waals surface area contributed by atoms with Crippen molar-refractivity contribution in [3.05, 3.63) is 89.0 Å². The van der Waals surface area contributed by atoms with Crippen LogP contribution in [0, 0.1) is 0 Å². The summed E-state index contributed by atoms with van der Waals surface area (Å²) in [6, 6.07) is 12.3. The van der Waals surface area contributed by atoms with Crippen molar-refractivity contribution in [3.8, 4) is 6.01 Å². The first-order valence-electron chi connectivity index (χ1n) is 11.8. The van der Waals surface area contributed by atoms with Gasteiger partial charge in [-0.3, -0.25) is 14.8 Å². The molecule has 0 saturated carbocycles. The van der Waals surface area contributed by atoms with Crippen LogP contribution in [0.25, 0.3) is 5.57 Å². The van der Waals surface area contributed by atoms with E-state index in [-0.39, 0.29) is 11.9 Å². The molecular weight excluding hydrogens is 438 g/mol. The molecule has 7 heteroatoms. The van der Waals surface area contributed by atoms with Crippen LogP contribution in [0.1, 0.15) is 62.3 Å². The van der Waals surface area contributed by atoms with Crippen LogP contribution in [0.15, 0.2) is 71.8 Å². The lowest BCUT2D eigenvalue weighted by Crippen LogP contribution is -2.26. The number of carbonyl (C=O) groups is 1. The van der Waals surface area contributed by atoms with Crippen molar-refractivity contribution in [2.24, 2.45) is 4.99 Å². The lowest BCUT2D eigenvalue weighted by Gasteiger charge is -2.15. The number of hydrogen-bond donors (Lipinski definition) is 1. The Bertz CT molecular complexity index is 1170. The van der Waals surface area contributed by atoms with Crippen molar-refractivity contribution < 1.29 is 9.53 Å². The second kappa shape index (κ2) is 12.6. The number of pyridine rings is 1. The van der Waals surface area contributed by atoms with Crippen molar-refractivity contribution in [2.75, 3.05) is 13.6 Å². The van der Waals surface area contributed by atoms with Gasteiger partial charge >= 0.3 is 6.01 Å². The number of benzene rings is 1. The molecule has 0 radical (unpaired) electrons. The molecule has 0 aliphatic carbocycles. The van der Waals surface area contributed by atoms with Gasteiger partial charge in [-0.2, -0.15) is 0 Å². The number of rotatable bonds is 10. The van der Waals surface area contributed by atoms with Gasteiger partial charge in [0.25, 0.3) is 0 Å². The van der Waals surface area contributed by atoms with Gasteiger partial charge in [0, 0.05) is 60.7 Å². The Morgan fingerprint density at radius 3 is 2.26 bits per heavy atom. The maximum absolute atomic E-state index is 12.9. The highest BCUT2D eigenvalue weighted by atomic mass is 16.5. The molecule has 1 N–H and O–H groups in total. The molecule has 2 aromatic heterocycles. The van der Waals surface area contributed by atoms with Gasteiger partial charge < -0.3 is 10.1 Å². The van der Waals surface area contributed by atoms with Gasteiger partial charge in [0.2, 0.25) is 5.91 Å². The summed E-state index contributed by atoms with van der Waals surface area (Å²) in [7, 11) is 1.70. The quantitative estimate of drug-likeness (QED) is 0.332. The van der Waals surface area contributed by atoms with E-state index in [4.69, 9.17) is 4.74 Å². The molecule has 1 amide bonds. The smallest absolute Gasteiger partial charge is 0.316 e. The second-order valence-corrected chi connectivity index (χ2v) is 8.50. The fourth-order valence-corrected chi connectivity index (χ4v) is 3.58. The molecule has 0 spiro atoms. The van der Waals surface area contributed by atoms with E-state index in [2.05, 4.69) is 63.4 Å². The van der Waals surface area contributed by atoms with Crippen LogP contribution in [-0.4, -0.2) is 40.2 Å². The fraction of sp³-hybridized carbons (Fsp3) is 0.321. The predicted octanol–water partition coefficient (Wildman–Crippen LogP) is 4.99. The summed E-state index contributed by atoms with van der Waals surface area (Å²) < 4.78 is 5.80.